The Morgan fingerprint density at radius 3 is 2.48 bits per heavy atom. The molecule has 2 N–H and O–H groups in total. The van der Waals surface area contributed by atoms with Crippen LogP contribution in [-0.4, -0.2) is 20.4 Å². The second-order valence-electron chi connectivity index (χ2n) is 5.89. The molecule has 0 atom stereocenters. The van der Waals surface area contributed by atoms with Crippen molar-refractivity contribution in [1.29, 1.82) is 0 Å². The van der Waals surface area contributed by atoms with E-state index >= 15 is 0 Å². The van der Waals surface area contributed by atoms with Crippen LogP contribution in [-0.2, 0) is 14.8 Å². The Morgan fingerprint density at radius 1 is 1.10 bits per heavy atom. The molecule has 114 valence electrons. The van der Waals surface area contributed by atoms with Gasteiger partial charge in [-0.25, -0.2) is 13.1 Å². The van der Waals surface area contributed by atoms with E-state index in [1.54, 1.807) is 18.2 Å². The minimum absolute atomic E-state index is 0.00259. The number of sulfonamides is 1. The van der Waals surface area contributed by atoms with Crippen molar-refractivity contribution in [3.8, 4) is 0 Å². The monoisotopic (exact) mass is 308 g/mol. The van der Waals surface area contributed by atoms with Crippen LogP contribution in [0.3, 0.4) is 0 Å². The first-order valence-corrected chi connectivity index (χ1v) is 8.96. The highest BCUT2D eigenvalue weighted by molar-refractivity contribution is 7.89. The number of nitrogens with one attached hydrogen (secondary N) is 2. The van der Waals surface area contributed by atoms with Gasteiger partial charge in [0.1, 0.15) is 0 Å². The van der Waals surface area contributed by atoms with Gasteiger partial charge in [0.2, 0.25) is 15.9 Å². The summed E-state index contributed by atoms with van der Waals surface area (Å²) in [6.45, 7) is 0. The smallest absolute Gasteiger partial charge is 0.240 e. The molecule has 2 aliphatic carbocycles. The van der Waals surface area contributed by atoms with Gasteiger partial charge in [-0.1, -0.05) is 18.9 Å². The van der Waals surface area contributed by atoms with E-state index in [0.29, 0.717) is 5.69 Å². The number of benzene rings is 1. The van der Waals surface area contributed by atoms with Gasteiger partial charge in [-0.15, -0.1) is 0 Å². The number of hydrogen-bond acceptors (Lipinski definition) is 3. The quantitative estimate of drug-likeness (QED) is 0.876. The van der Waals surface area contributed by atoms with Gasteiger partial charge in [-0.2, -0.15) is 0 Å². The van der Waals surface area contributed by atoms with E-state index in [0.717, 1.165) is 38.5 Å². The predicted molar refractivity (Wildman–Crippen MR) is 80.4 cm³/mol. The summed E-state index contributed by atoms with van der Waals surface area (Å²) < 4.78 is 26.9. The molecule has 0 spiro atoms. The molecule has 0 heterocycles. The van der Waals surface area contributed by atoms with E-state index in [1.165, 1.54) is 6.07 Å². The molecule has 2 fully saturated rings. The maximum absolute atomic E-state index is 12.2. The molecule has 0 unspecified atom stereocenters. The van der Waals surface area contributed by atoms with E-state index < -0.39 is 10.0 Å². The molecule has 0 bridgehead atoms. The summed E-state index contributed by atoms with van der Waals surface area (Å²) in [7, 11) is -3.48. The number of amides is 1. The van der Waals surface area contributed by atoms with Gasteiger partial charge < -0.3 is 5.32 Å². The highest BCUT2D eigenvalue weighted by Gasteiger charge is 2.28. The second kappa shape index (κ2) is 5.77. The van der Waals surface area contributed by atoms with Crippen molar-refractivity contribution >= 4 is 21.6 Å². The summed E-state index contributed by atoms with van der Waals surface area (Å²) in [5.74, 6) is 0.0621. The Kier molecular flexibility index (Phi) is 3.99. The van der Waals surface area contributed by atoms with Crippen LogP contribution < -0.4 is 10.0 Å². The van der Waals surface area contributed by atoms with Gasteiger partial charge in [-0.05, 0) is 43.9 Å². The molecular weight excluding hydrogens is 288 g/mol. The fraction of sp³-hybridized carbons (Fsp3) is 0.533. The maximum atomic E-state index is 12.2. The van der Waals surface area contributed by atoms with Gasteiger partial charge in [0.15, 0.2) is 0 Å². The van der Waals surface area contributed by atoms with E-state index in [9.17, 15) is 13.2 Å². The van der Waals surface area contributed by atoms with Crippen LogP contribution in [0.2, 0.25) is 0 Å². The highest BCUT2D eigenvalue weighted by atomic mass is 32.2. The van der Waals surface area contributed by atoms with Crippen LogP contribution >= 0.6 is 0 Å². The Labute approximate surface area is 125 Å². The van der Waals surface area contributed by atoms with E-state index in [1.807, 2.05) is 0 Å². The minimum Gasteiger partial charge on any atom is -0.326 e. The zero-order chi connectivity index (χ0) is 14.9. The third kappa shape index (κ3) is 3.63. The van der Waals surface area contributed by atoms with Crippen molar-refractivity contribution in [2.75, 3.05) is 5.32 Å². The lowest BCUT2D eigenvalue weighted by Gasteiger charge is -2.12. The standard InChI is InChI=1S/C15H20N2O3S/c18-15(11-4-1-2-5-11)16-13-6-3-7-14(10-13)21(19,20)17-12-8-9-12/h3,6-7,10-12,17H,1-2,4-5,8-9H2,(H,16,18). The zero-order valence-electron chi connectivity index (χ0n) is 11.8. The van der Waals surface area contributed by atoms with Crippen LogP contribution in [0.4, 0.5) is 5.69 Å². The van der Waals surface area contributed by atoms with Crippen molar-refractivity contribution < 1.29 is 13.2 Å². The molecule has 0 radical (unpaired) electrons. The molecule has 1 aromatic rings. The third-order valence-electron chi connectivity index (χ3n) is 4.04. The summed E-state index contributed by atoms with van der Waals surface area (Å²) >= 11 is 0. The number of anilines is 1. The molecule has 0 aromatic heterocycles. The van der Waals surface area contributed by atoms with Gasteiger partial charge in [0.25, 0.3) is 0 Å². The van der Waals surface area contributed by atoms with Crippen molar-refractivity contribution in [2.24, 2.45) is 5.92 Å². The number of hydrogen-bond donors (Lipinski definition) is 2. The van der Waals surface area contributed by atoms with Crippen LogP contribution in [0.1, 0.15) is 38.5 Å². The van der Waals surface area contributed by atoms with Gasteiger partial charge in [0.05, 0.1) is 4.90 Å². The third-order valence-corrected chi connectivity index (χ3v) is 5.56. The molecule has 0 saturated heterocycles. The molecule has 1 aromatic carbocycles. The van der Waals surface area contributed by atoms with Gasteiger partial charge in [0, 0.05) is 17.6 Å². The van der Waals surface area contributed by atoms with E-state index in [2.05, 4.69) is 10.0 Å². The topological polar surface area (TPSA) is 75.3 Å². The lowest BCUT2D eigenvalue weighted by Crippen LogP contribution is -2.26. The summed E-state index contributed by atoms with van der Waals surface area (Å²) in [4.78, 5) is 12.3. The predicted octanol–water partition coefficient (Wildman–Crippen LogP) is 2.26. The molecule has 21 heavy (non-hydrogen) atoms. The lowest BCUT2D eigenvalue weighted by molar-refractivity contribution is -0.119. The zero-order valence-corrected chi connectivity index (χ0v) is 12.7. The summed E-state index contributed by atoms with van der Waals surface area (Å²) in [6, 6.07) is 6.54. The fourth-order valence-electron chi connectivity index (χ4n) is 2.66. The van der Waals surface area contributed by atoms with Crippen molar-refractivity contribution in [3.63, 3.8) is 0 Å². The minimum atomic E-state index is -3.48. The largest absolute Gasteiger partial charge is 0.326 e. The number of carbonyl (C=O) groups excluding carboxylic acids is 1. The first-order chi connectivity index (χ1) is 10.0. The molecule has 2 saturated carbocycles. The van der Waals surface area contributed by atoms with Crippen molar-refractivity contribution in [2.45, 2.75) is 49.5 Å². The Bertz CT molecular complexity index is 632. The van der Waals surface area contributed by atoms with E-state index in [4.69, 9.17) is 0 Å². The van der Waals surface area contributed by atoms with Crippen LogP contribution in [0.5, 0.6) is 0 Å². The first kappa shape index (κ1) is 14.5. The van der Waals surface area contributed by atoms with Crippen molar-refractivity contribution in [3.05, 3.63) is 24.3 Å². The van der Waals surface area contributed by atoms with Crippen LogP contribution in [0, 0.1) is 5.92 Å². The normalized spacial score (nSPS) is 19.6. The first-order valence-electron chi connectivity index (χ1n) is 7.48. The Balaban J connectivity index is 1.71. The number of carbonyl (C=O) groups is 1. The molecule has 5 nitrogen and oxygen atoms in total. The molecular formula is C15H20N2O3S. The average molecular weight is 308 g/mol. The fourth-order valence-corrected chi connectivity index (χ4v) is 4.01. The Morgan fingerprint density at radius 2 is 1.81 bits per heavy atom. The van der Waals surface area contributed by atoms with Gasteiger partial charge >= 0.3 is 0 Å². The highest BCUT2D eigenvalue weighted by Crippen LogP contribution is 2.27. The van der Waals surface area contributed by atoms with E-state index in [-0.39, 0.29) is 22.8 Å². The summed E-state index contributed by atoms with van der Waals surface area (Å²) in [6.07, 6.45) is 5.84. The molecule has 3 rings (SSSR count). The average Bonchev–Trinajstić information content (AvgIpc) is 3.08. The van der Waals surface area contributed by atoms with Crippen LogP contribution in [0.25, 0.3) is 0 Å². The SMILES string of the molecule is O=C(Nc1cccc(S(=O)(=O)NC2CC2)c1)C1CCCC1. The Hall–Kier alpha value is -1.40. The molecule has 6 heteroatoms. The summed E-state index contributed by atoms with van der Waals surface area (Å²) in [5.41, 5.74) is 0.547. The lowest BCUT2D eigenvalue weighted by atomic mass is 10.1. The summed E-state index contributed by atoms with van der Waals surface area (Å²) in [5, 5.41) is 2.83. The van der Waals surface area contributed by atoms with Gasteiger partial charge in [-0.3, -0.25) is 4.79 Å². The molecule has 2 aliphatic rings. The van der Waals surface area contributed by atoms with Crippen LogP contribution in [0.15, 0.2) is 29.2 Å². The maximum Gasteiger partial charge on any atom is 0.240 e. The molecule has 1 amide bonds. The molecule has 0 aliphatic heterocycles. The second-order valence-corrected chi connectivity index (χ2v) is 7.61. The number of rotatable bonds is 5. The van der Waals surface area contributed by atoms with Crippen molar-refractivity contribution in [1.82, 2.24) is 4.72 Å².